The van der Waals surface area contributed by atoms with Gasteiger partial charge in [-0.2, -0.15) is 4.98 Å². The molecule has 0 aliphatic carbocycles. The van der Waals surface area contributed by atoms with E-state index in [4.69, 9.17) is 9.47 Å². The molecule has 1 aromatic carbocycles. The van der Waals surface area contributed by atoms with Gasteiger partial charge in [-0.1, -0.05) is 0 Å². The number of nitrogens with one attached hydrogen (secondary N) is 1. The molecule has 0 atom stereocenters. The molecule has 0 saturated heterocycles. The van der Waals surface area contributed by atoms with Gasteiger partial charge in [-0.3, -0.25) is 10.1 Å². The molecule has 0 bridgehead atoms. The van der Waals surface area contributed by atoms with Crippen molar-refractivity contribution in [1.82, 2.24) is 9.97 Å². The summed E-state index contributed by atoms with van der Waals surface area (Å²) in [6, 6.07) is 4.97. The SMILES string of the molecule is CNc1ncnc(Oc2ccc(OC)cc2Br)c1[N+](=O)[O-]. The third-order valence-electron chi connectivity index (χ3n) is 2.55. The van der Waals surface area contributed by atoms with Crippen molar-refractivity contribution in [1.29, 1.82) is 0 Å². The number of nitrogens with zero attached hydrogens (tertiary/aromatic N) is 3. The van der Waals surface area contributed by atoms with Crippen molar-refractivity contribution in [3.63, 3.8) is 0 Å². The molecule has 2 rings (SSSR count). The van der Waals surface area contributed by atoms with E-state index in [2.05, 4.69) is 31.2 Å². The van der Waals surface area contributed by atoms with Gasteiger partial charge in [-0.25, -0.2) is 4.98 Å². The molecule has 1 N–H and O–H groups in total. The second-order valence-electron chi connectivity index (χ2n) is 3.78. The molecular formula is C12H11BrN4O4. The van der Waals surface area contributed by atoms with E-state index in [1.165, 1.54) is 20.5 Å². The highest BCUT2D eigenvalue weighted by Gasteiger charge is 2.24. The van der Waals surface area contributed by atoms with Crippen LogP contribution in [0.3, 0.4) is 0 Å². The van der Waals surface area contributed by atoms with E-state index in [0.29, 0.717) is 16.0 Å². The highest BCUT2D eigenvalue weighted by Crippen LogP contribution is 2.37. The first-order chi connectivity index (χ1) is 10.1. The van der Waals surface area contributed by atoms with E-state index in [0.717, 1.165) is 0 Å². The summed E-state index contributed by atoms with van der Waals surface area (Å²) in [6.45, 7) is 0. The zero-order valence-electron chi connectivity index (χ0n) is 11.2. The smallest absolute Gasteiger partial charge is 0.373 e. The summed E-state index contributed by atoms with van der Waals surface area (Å²) in [5.74, 6) is 0.932. The molecule has 1 heterocycles. The predicted octanol–water partition coefficient (Wildman–Crippen LogP) is 2.99. The molecule has 0 amide bonds. The van der Waals surface area contributed by atoms with Crippen molar-refractivity contribution in [2.75, 3.05) is 19.5 Å². The molecule has 0 unspecified atom stereocenters. The van der Waals surface area contributed by atoms with E-state index in [1.54, 1.807) is 18.2 Å². The fraction of sp³-hybridized carbons (Fsp3) is 0.167. The zero-order chi connectivity index (χ0) is 15.4. The highest BCUT2D eigenvalue weighted by molar-refractivity contribution is 9.10. The molecule has 0 fully saturated rings. The van der Waals surface area contributed by atoms with Crippen LogP contribution in [0.25, 0.3) is 0 Å². The Morgan fingerprint density at radius 3 is 2.71 bits per heavy atom. The first-order valence-electron chi connectivity index (χ1n) is 5.75. The maximum absolute atomic E-state index is 11.2. The number of benzene rings is 1. The van der Waals surface area contributed by atoms with E-state index < -0.39 is 4.92 Å². The Balaban J connectivity index is 2.42. The van der Waals surface area contributed by atoms with Gasteiger partial charge in [0.15, 0.2) is 0 Å². The molecule has 21 heavy (non-hydrogen) atoms. The molecule has 2 aromatic rings. The van der Waals surface area contributed by atoms with Crippen LogP contribution in [0.15, 0.2) is 29.0 Å². The molecule has 110 valence electrons. The summed E-state index contributed by atoms with van der Waals surface area (Å²) in [4.78, 5) is 18.2. The Bertz CT molecular complexity index is 680. The van der Waals surface area contributed by atoms with Crippen LogP contribution >= 0.6 is 15.9 Å². The maximum atomic E-state index is 11.2. The van der Waals surface area contributed by atoms with Crippen molar-refractivity contribution in [2.45, 2.75) is 0 Å². The fourth-order valence-electron chi connectivity index (χ4n) is 1.58. The Hall–Kier alpha value is -2.42. The number of halogens is 1. The minimum atomic E-state index is -0.599. The second-order valence-corrected chi connectivity index (χ2v) is 4.64. The lowest BCUT2D eigenvalue weighted by molar-refractivity contribution is -0.385. The van der Waals surface area contributed by atoms with Crippen LogP contribution < -0.4 is 14.8 Å². The lowest BCUT2D eigenvalue weighted by Gasteiger charge is -2.09. The van der Waals surface area contributed by atoms with Crippen LogP contribution in [0.2, 0.25) is 0 Å². The molecule has 0 saturated carbocycles. The normalized spacial score (nSPS) is 10.0. The van der Waals surface area contributed by atoms with Crippen molar-refractivity contribution >= 4 is 27.4 Å². The lowest BCUT2D eigenvalue weighted by Crippen LogP contribution is -2.03. The highest BCUT2D eigenvalue weighted by atomic mass is 79.9. The molecular weight excluding hydrogens is 344 g/mol. The first kappa shape index (κ1) is 15.0. The van der Waals surface area contributed by atoms with Gasteiger partial charge >= 0.3 is 11.6 Å². The van der Waals surface area contributed by atoms with Crippen LogP contribution in [-0.2, 0) is 0 Å². The number of methoxy groups -OCH3 is 1. The van der Waals surface area contributed by atoms with E-state index in [-0.39, 0.29) is 17.4 Å². The summed E-state index contributed by atoms with van der Waals surface area (Å²) < 4.78 is 11.2. The number of nitro groups is 1. The average Bonchev–Trinajstić information content (AvgIpc) is 2.48. The summed E-state index contributed by atoms with van der Waals surface area (Å²) in [6.07, 6.45) is 1.19. The molecule has 0 radical (unpaired) electrons. The largest absolute Gasteiger partial charge is 0.497 e. The predicted molar refractivity (Wildman–Crippen MR) is 79.0 cm³/mol. The van der Waals surface area contributed by atoms with Crippen molar-refractivity contribution in [2.24, 2.45) is 0 Å². The maximum Gasteiger partial charge on any atom is 0.373 e. The zero-order valence-corrected chi connectivity index (χ0v) is 12.7. The van der Waals surface area contributed by atoms with Crippen LogP contribution in [-0.4, -0.2) is 29.0 Å². The molecule has 8 nitrogen and oxygen atoms in total. The molecule has 1 aromatic heterocycles. The van der Waals surface area contributed by atoms with Crippen LogP contribution in [0, 0.1) is 10.1 Å². The van der Waals surface area contributed by atoms with Gasteiger partial charge in [0.2, 0.25) is 5.82 Å². The Labute approximate surface area is 128 Å². The summed E-state index contributed by atoms with van der Waals surface area (Å²) in [5, 5.41) is 13.8. The standard InChI is InChI=1S/C12H11BrN4O4/c1-14-11-10(17(18)19)12(16-6-15-11)21-9-4-3-7(20-2)5-8(9)13/h3-6H,1-2H3,(H,14,15,16). The minimum Gasteiger partial charge on any atom is -0.497 e. The number of anilines is 1. The first-order valence-corrected chi connectivity index (χ1v) is 6.54. The lowest BCUT2D eigenvalue weighted by atomic mass is 10.3. The molecule has 9 heteroatoms. The second kappa shape index (κ2) is 6.35. The number of rotatable bonds is 5. The molecule has 0 aliphatic rings. The quantitative estimate of drug-likeness (QED) is 0.650. The van der Waals surface area contributed by atoms with Crippen LogP contribution in [0.1, 0.15) is 0 Å². The van der Waals surface area contributed by atoms with Gasteiger partial charge in [0.1, 0.15) is 17.8 Å². The average molecular weight is 355 g/mol. The molecule has 0 aliphatic heterocycles. The van der Waals surface area contributed by atoms with E-state index in [9.17, 15) is 10.1 Å². The fourth-order valence-corrected chi connectivity index (χ4v) is 2.02. The Morgan fingerprint density at radius 1 is 1.38 bits per heavy atom. The number of hydrogen-bond donors (Lipinski definition) is 1. The third-order valence-corrected chi connectivity index (χ3v) is 3.17. The van der Waals surface area contributed by atoms with Gasteiger partial charge in [0.05, 0.1) is 16.5 Å². The van der Waals surface area contributed by atoms with Gasteiger partial charge in [-0.15, -0.1) is 0 Å². The Kier molecular flexibility index (Phi) is 4.53. The number of ether oxygens (including phenoxy) is 2. The van der Waals surface area contributed by atoms with Crippen molar-refractivity contribution in [3.8, 4) is 17.4 Å². The van der Waals surface area contributed by atoms with E-state index in [1.807, 2.05) is 0 Å². The summed E-state index contributed by atoms with van der Waals surface area (Å²) in [7, 11) is 3.07. The van der Waals surface area contributed by atoms with Gasteiger partial charge in [0, 0.05) is 7.05 Å². The number of hydrogen-bond acceptors (Lipinski definition) is 7. The van der Waals surface area contributed by atoms with Crippen molar-refractivity contribution in [3.05, 3.63) is 39.1 Å². The topological polar surface area (TPSA) is 99.4 Å². The minimum absolute atomic E-state index is 0.0784. The Morgan fingerprint density at radius 2 is 2.14 bits per heavy atom. The monoisotopic (exact) mass is 354 g/mol. The number of aromatic nitrogens is 2. The van der Waals surface area contributed by atoms with Gasteiger partial charge < -0.3 is 14.8 Å². The van der Waals surface area contributed by atoms with Crippen LogP contribution in [0.5, 0.6) is 17.4 Å². The van der Waals surface area contributed by atoms with Crippen LogP contribution in [0.4, 0.5) is 11.5 Å². The third kappa shape index (κ3) is 3.19. The van der Waals surface area contributed by atoms with E-state index >= 15 is 0 Å². The summed E-state index contributed by atoms with van der Waals surface area (Å²) >= 11 is 3.31. The summed E-state index contributed by atoms with van der Waals surface area (Å²) in [5.41, 5.74) is -0.331. The molecule has 0 spiro atoms. The van der Waals surface area contributed by atoms with Gasteiger partial charge in [0.25, 0.3) is 0 Å². The van der Waals surface area contributed by atoms with Gasteiger partial charge in [-0.05, 0) is 34.1 Å². The van der Waals surface area contributed by atoms with Crippen molar-refractivity contribution < 1.29 is 14.4 Å².